The van der Waals surface area contributed by atoms with Crippen LogP contribution < -0.4 is 5.73 Å². The van der Waals surface area contributed by atoms with Crippen molar-refractivity contribution in [3.8, 4) is 0 Å². The minimum atomic E-state index is -0.425. The Morgan fingerprint density at radius 1 is 1.05 bits per heavy atom. The molecule has 0 heterocycles. The average molecular weight is 298 g/mol. The van der Waals surface area contributed by atoms with Gasteiger partial charge in [-0.1, -0.05) is 35.3 Å². The van der Waals surface area contributed by atoms with Crippen LogP contribution in [0, 0.1) is 19.7 Å². The normalized spacial score (nSPS) is 12.5. The van der Waals surface area contributed by atoms with Crippen LogP contribution in [0.4, 0.5) is 4.39 Å². The summed E-state index contributed by atoms with van der Waals surface area (Å²) in [5.74, 6) is -0.330. The molecule has 0 saturated carbocycles. The van der Waals surface area contributed by atoms with Crippen LogP contribution in [-0.4, -0.2) is 0 Å². The van der Waals surface area contributed by atoms with Gasteiger partial charge in [0.15, 0.2) is 0 Å². The topological polar surface area (TPSA) is 26.0 Å². The molecule has 2 rings (SSSR count). The molecule has 0 saturated heterocycles. The molecule has 4 heteroatoms. The number of nitrogens with two attached hydrogens (primary N) is 1. The Morgan fingerprint density at radius 2 is 1.74 bits per heavy atom. The molecule has 2 aromatic carbocycles. The van der Waals surface area contributed by atoms with Crippen molar-refractivity contribution in [3.63, 3.8) is 0 Å². The van der Waals surface area contributed by atoms with E-state index in [2.05, 4.69) is 0 Å². The molecular formula is C15H14Cl2FN. The number of rotatable bonds is 2. The van der Waals surface area contributed by atoms with Crippen LogP contribution in [0.1, 0.15) is 28.3 Å². The molecule has 0 fully saturated rings. The van der Waals surface area contributed by atoms with E-state index in [0.717, 1.165) is 11.1 Å². The molecular weight excluding hydrogens is 284 g/mol. The van der Waals surface area contributed by atoms with Crippen LogP contribution in [0.5, 0.6) is 0 Å². The van der Waals surface area contributed by atoms with Gasteiger partial charge < -0.3 is 5.73 Å². The first kappa shape index (κ1) is 14.3. The molecule has 0 radical (unpaired) electrons. The Labute approximate surface area is 122 Å². The number of hydrogen-bond acceptors (Lipinski definition) is 1. The SMILES string of the molecule is Cc1cc(C(N)c2cccc(Cl)c2C)c(Cl)cc1F. The summed E-state index contributed by atoms with van der Waals surface area (Å²) in [6, 6.07) is 8.11. The fraction of sp³-hybridized carbons (Fsp3) is 0.200. The first-order valence-corrected chi connectivity index (χ1v) is 6.63. The Morgan fingerprint density at radius 3 is 2.42 bits per heavy atom. The summed E-state index contributed by atoms with van der Waals surface area (Å²) in [5, 5.41) is 0.984. The molecule has 1 nitrogen and oxygen atoms in total. The first-order valence-electron chi connectivity index (χ1n) is 5.88. The third-order valence-electron chi connectivity index (χ3n) is 3.26. The van der Waals surface area contributed by atoms with Gasteiger partial charge in [0.2, 0.25) is 0 Å². The van der Waals surface area contributed by atoms with E-state index in [0.29, 0.717) is 21.2 Å². The molecule has 19 heavy (non-hydrogen) atoms. The number of hydrogen-bond donors (Lipinski definition) is 1. The van der Waals surface area contributed by atoms with Crippen molar-refractivity contribution in [3.05, 3.63) is 68.4 Å². The van der Waals surface area contributed by atoms with Crippen LogP contribution in [-0.2, 0) is 0 Å². The zero-order valence-electron chi connectivity index (χ0n) is 10.7. The highest BCUT2D eigenvalue weighted by Crippen LogP contribution is 2.32. The molecule has 2 N–H and O–H groups in total. The Hall–Kier alpha value is -1.09. The summed E-state index contributed by atoms with van der Waals surface area (Å²) in [6.45, 7) is 3.59. The molecule has 0 aliphatic rings. The smallest absolute Gasteiger partial charge is 0.127 e. The number of halogens is 3. The fourth-order valence-electron chi connectivity index (χ4n) is 2.05. The van der Waals surface area contributed by atoms with Crippen molar-refractivity contribution >= 4 is 23.2 Å². The van der Waals surface area contributed by atoms with Crippen molar-refractivity contribution in [2.45, 2.75) is 19.9 Å². The lowest BCUT2D eigenvalue weighted by Crippen LogP contribution is -2.14. The van der Waals surface area contributed by atoms with E-state index < -0.39 is 6.04 Å². The van der Waals surface area contributed by atoms with Gasteiger partial charge in [-0.3, -0.25) is 0 Å². The van der Waals surface area contributed by atoms with Gasteiger partial charge in [-0.15, -0.1) is 0 Å². The molecule has 100 valence electrons. The molecule has 0 amide bonds. The van der Waals surface area contributed by atoms with Crippen molar-refractivity contribution in [2.75, 3.05) is 0 Å². The van der Waals surface area contributed by atoms with Crippen molar-refractivity contribution < 1.29 is 4.39 Å². The molecule has 2 aromatic rings. The predicted molar refractivity (Wildman–Crippen MR) is 78.4 cm³/mol. The summed E-state index contributed by atoms with van der Waals surface area (Å²) in [4.78, 5) is 0. The lowest BCUT2D eigenvalue weighted by molar-refractivity contribution is 0.617. The Balaban J connectivity index is 2.53. The molecule has 1 atom stereocenters. The van der Waals surface area contributed by atoms with Gasteiger partial charge >= 0.3 is 0 Å². The zero-order chi connectivity index (χ0) is 14.2. The third kappa shape index (κ3) is 2.76. The third-order valence-corrected chi connectivity index (χ3v) is 3.99. The molecule has 0 spiro atoms. The summed E-state index contributed by atoms with van der Waals surface area (Å²) >= 11 is 12.2. The van der Waals surface area contributed by atoms with Crippen LogP contribution in [0.3, 0.4) is 0 Å². The predicted octanol–water partition coefficient (Wildman–Crippen LogP) is 4.80. The largest absolute Gasteiger partial charge is 0.320 e. The van der Waals surface area contributed by atoms with Gasteiger partial charge in [-0.2, -0.15) is 0 Å². The minimum Gasteiger partial charge on any atom is -0.320 e. The highest BCUT2D eigenvalue weighted by Gasteiger charge is 2.17. The highest BCUT2D eigenvalue weighted by atomic mass is 35.5. The van der Waals surface area contributed by atoms with E-state index >= 15 is 0 Å². The lowest BCUT2D eigenvalue weighted by atomic mass is 9.94. The fourth-order valence-corrected chi connectivity index (χ4v) is 2.50. The second-order valence-electron chi connectivity index (χ2n) is 4.55. The summed E-state index contributed by atoms with van der Waals surface area (Å²) in [6.07, 6.45) is 0. The van der Waals surface area contributed by atoms with E-state index in [9.17, 15) is 4.39 Å². The second kappa shape index (κ2) is 5.49. The quantitative estimate of drug-likeness (QED) is 0.847. The van der Waals surface area contributed by atoms with Crippen LogP contribution in [0.25, 0.3) is 0 Å². The van der Waals surface area contributed by atoms with Crippen LogP contribution in [0.15, 0.2) is 30.3 Å². The number of benzene rings is 2. The maximum absolute atomic E-state index is 13.4. The van der Waals surface area contributed by atoms with Gasteiger partial charge in [0.25, 0.3) is 0 Å². The second-order valence-corrected chi connectivity index (χ2v) is 5.37. The molecule has 0 aliphatic carbocycles. The highest BCUT2D eigenvalue weighted by molar-refractivity contribution is 6.32. The van der Waals surface area contributed by atoms with E-state index in [1.807, 2.05) is 25.1 Å². The van der Waals surface area contributed by atoms with E-state index in [4.69, 9.17) is 28.9 Å². The standard InChI is InChI=1S/C15H14Cl2FN/c1-8-6-11(13(17)7-14(8)18)15(19)10-4-3-5-12(16)9(10)2/h3-7,15H,19H2,1-2H3. The molecule has 0 bridgehead atoms. The van der Waals surface area contributed by atoms with Gasteiger partial charge in [0, 0.05) is 10.0 Å². The van der Waals surface area contributed by atoms with Gasteiger partial charge in [0.1, 0.15) is 5.82 Å². The summed E-state index contributed by atoms with van der Waals surface area (Å²) in [5.41, 5.74) is 9.26. The van der Waals surface area contributed by atoms with Crippen molar-refractivity contribution in [1.82, 2.24) is 0 Å². The van der Waals surface area contributed by atoms with Crippen LogP contribution in [0.2, 0.25) is 10.0 Å². The molecule has 0 aliphatic heterocycles. The zero-order valence-corrected chi connectivity index (χ0v) is 12.2. The van der Waals surface area contributed by atoms with Gasteiger partial charge in [-0.05, 0) is 54.3 Å². The lowest BCUT2D eigenvalue weighted by Gasteiger charge is -2.18. The monoisotopic (exact) mass is 297 g/mol. The minimum absolute atomic E-state index is 0.329. The Bertz CT molecular complexity index is 626. The molecule has 0 aromatic heterocycles. The van der Waals surface area contributed by atoms with E-state index in [-0.39, 0.29) is 5.82 Å². The Kier molecular flexibility index (Phi) is 4.14. The number of aryl methyl sites for hydroxylation is 1. The van der Waals surface area contributed by atoms with E-state index in [1.165, 1.54) is 6.07 Å². The average Bonchev–Trinajstić information content (AvgIpc) is 2.36. The molecule has 1 unspecified atom stereocenters. The van der Waals surface area contributed by atoms with Gasteiger partial charge in [-0.25, -0.2) is 4.39 Å². The van der Waals surface area contributed by atoms with E-state index in [1.54, 1.807) is 13.0 Å². The maximum atomic E-state index is 13.4. The summed E-state index contributed by atoms with van der Waals surface area (Å²) < 4.78 is 13.4. The van der Waals surface area contributed by atoms with Gasteiger partial charge in [0.05, 0.1) is 6.04 Å². The summed E-state index contributed by atoms with van der Waals surface area (Å²) in [7, 11) is 0. The van der Waals surface area contributed by atoms with Crippen molar-refractivity contribution in [2.24, 2.45) is 5.73 Å². The van der Waals surface area contributed by atoms with Crippen LogP contribution >= 0.6 is 23.2 Å². The van der Waals surface area contributed by atoms with Crippen molar-refractivity contribution in [1.29, 1.82) is 0 Å². The maximum Gasteiger partial charge on any atom is 0.127 e. The first-order chi connectivity index (χ1) is 8.91.